The van der Waals surface area contributed by atoms with E-state index >= 15 is 0 Å². The second-order valence-corrected chi connectivity index (χ2v) is 2.97. The molecule has 1 aromatic rings. The van der Waals surface area contributed by atoms with Crippen molar-refractivity contribution in [2.75, 3.05) is 0 Å². The van der Waals surface area contributed by atoms with Crippen molar-refractivity contribution < 1.29 is 0 Å². The molecule has 1 heterocycles. The summed E-state index contributed by atoms with van der Waals surface area (Å²) in [7, 11) is 0. The molecule has 0 saturated heterocycles. The van der Waals surface area contributed by atoms with E-state index in [1.54, 1.807) is 6.08 Å². The minimum Gasteiger partial charge on any atom is -0.253 e. The Morgan fingerprint density at radius 3 is 2.91 bits per heavy atom. The molecule has 1 aromatic heterocycles. The molecule has 56 valence electrons. The molecule has 1 saturated carbocycles. The lowest BCUT2D eigenvalue weighted by molar-refractivity contribution is 1.02. The van der Waals surface area contributed by atoms with E-state index in [0.717, 1.165) is 11.6 Å². The van der Waals surface area contributed by atoms with Crippen molar-refractivity contribution in [3.8, 4) is 0 Å². The van der Waals surface area contributed by atoms with Crippen molar-refractivity contribution in [3.05, 3.63) is 36.2 Å². The molecule has 1 aliphatic carbocycles. The Kier molecular flexibility index (Phi) is 1.50. The lowest BCUT2D eigenvalue weighted by Gasteiger charge is -1.97. The second-order valence-electron chi connectivity index (χ2n) is 2.97. The molecular formula is C10H11N. The van der Waals surface area contributed by atoms with Crippen LogP contribution in [0, 0.1) is 0 Å². The van der Waals surface area contributed by atoms with Crippen LogP contribution in [0.25, 0.3) is 6.08 Å². The molecular weight excluding hydrogens is 134 g/mol. The highest BCUT2D eigenvalue weighted by Crippen LogP contribution is 2.38. The van der Waals surface area contributed by atoms with Crippen molar-refractivity contribution in [2.45, 2.75) is 18.8 Å². The van der Waals surface area contributed by atoms with Gasteiger partial charge in [0.2, 0.25) is 0 Å². The summed E-state index contributed by atoms with van der Waals surface area (Å²) < 4.78 is 0. The zero-order chi connectivity index (χ0) is 7.68. The summed E-state index contributed by atoms with van der Waals surface area (Å²) in [5, 5.41) is 0. The van der Waals surface area contributed by atoms with Crippen LogP contribution in [0.15, 0.2) is 24.8 Å². The highest BCUT2D eigenvalue weighted by molar-refractivity contribution is 5.41. The maximum absolute atomic E-state index is 4.44. The fraction of sp³-hybridized carbons (Fsp3) is 0.300. The third-order valence-electron chi connectivity index (χ3n) is 2.00. The molecule has 11 heavy (non-hydrogen) atoms. The summed E-state index contributed by atoms with van der Waals surface area (Å²) in [5.41, 5.74) is 2.23. The standard InChI is InChI=1S/C10H11N/c1-2-9-4-3-5-10(11-9)8-6-7-8/h2-5,8H,1,6-7H2. The lowest BCUT2D eigenvalue weighted by Crippen LogP contribution is -1.87. The highest BCUT2D eigenvalue weighted by Gasteiger charge is 2.24. The summed E-state index contributed by atoms with van der Waals surface area (Å²) in [5.74, 6) is 0.745. The first kappa shape index (κ1) is 6.59. The van der Waals surface area contributed by atoms with Crippen molar-refractivity contribution in [1.82, 2.24) is 4.98 Å². The highest BCUT2D eigenvalue weighted by atomic mass is 14.7. The van der Waals surface area contributed by atoms with Gasteiger partial charge >= 0.3 is 0 Å². The van der Waals surface area contributed by atoms with Gasteiger partial charge in [-0.05, 0) is 31.1 Å². The average molecular weight is 145 g/mol. The monoisotopic (exact) mass is 145 g/mol. The Bertz CT molecular complexity index is 274. The molecule has 2 rings (SSSR count). The smallest absolute Gasteiger partial charge is 0.0627 e. The topological polar surface area (TPSA) is 12.9 Å². The SMILES string of the molecule is C=Cc1cccc(C2CC2)n1. The van der Waals surface area contributed by atoms with Gasteiger partial charge in [0, 0.05) is 11.6 Å². The molecule has 0 spiro atoms. The largest absolute Gasteiger partial charge is 0.253 e. The normalized spacial score (nSPS) is 16.4. The van der Waals surface area contributed by atoms with Crippen LogP contribution in [0.2, 0.25) is 0 Å². The van der Waals surface area contributed by atoms with Crippen LogP contribution in [0.5, 0.6) is 0 Å². The summed E-state index contributed by atoms with van der Waals surface area (Å²) in [6.45, 7) is 3.69. The Balaban J connectivity index is 2.33. The van der Waals surface area contributed by atoms with E-state index < -0.39 is 0 Å². The van der Waals surface area contributed by atoms with E-state index in [1.807, 2.05) is 6.07 Å². The Labute approximate surface area is 66.8 Å². The van der Waals surface area contributed by atoms with Crippen LogP contribution in [0.3, 0.4) is 0 Å². The van der Waals surface area contributed by atoms with Gasteiger partial charge in [-0.3, -0.25) is 4.98 Å². The minimum atomic E-state index is 0.745. The number of rotatable bonds is 2. The van der Waals surface area contributed by atoms with Gasteiger partial charge in [-0.25, -0.2) is 0 Å². The van der Waals surface area contributed by atoms with E-state index in [1.165, 1.54) is 18.5 Å². The molecule has 0 unspecified atom stereocenters. The van der Waals surface area contributed by atoms with Crippen LogP contribution >= 0.6 is 0 Å². The van der Waals surface area contributed by atoms with E-state index in [2.05, 4.69) is 23.7 Å². The predicted molar refractivity (Wildman–Crippen MR) is 46.3 cm³/mol. The predicted octanol–water partition coefficient (Wildman–Crippen LogP) is 2.60. The number of hydrogen-bond donors (Lipinski definition) is 0. The second kappa shape index (κ2) is 2.50. The fourth-order valence-electron chi connectivity index (χ4n) is 1.19. The van der Waals surface area contributed by atoms with E-state index in [-0.39, 0.29) is 0 Å². The van der Waals surface area contributed by atoms with Gasteiger partial charge < -0.3 is 0 Å². The molecule has 0 bridgehead atoms. The molecule has 0 aliphatic heterocycles. The first-order valence-corrected chi connectivity index (χ1v) is 3.99. The Morgan fingerprint density at radius 2 is 2.27 bits per heavy atom. The third-order valence-corrected chi connectivity index (χ3v) is 2.00. The van der Waals surface area contributed by atoms with E-state index in [4.69, 9.17) is 0 Å². The van der Waals surface area contributed by atoms with Crippen LogP contribution in [-0.2, 0) is 0 Å². The van der Waals surface area contributed by atoms with Crippen molar-refractivity contribution >= 4 is 6.08 Å². The molecule has 0 amide bonds. The number of aromatic nitrogens is 1. The average Bonchev–Trinajstić information content (AvgIpc) is 2.87. The third kappa shape index (κ3) is 1.32. The number of nitrogens with zero attached hydrogens (tertiary/aromatic N) is 1. The lowest BCUT2D eigenvalue weighted by atomic mass is 10.2. The quantitative estimate of drug-likeness (QED) is 0.623. The Hall–Kier alpha value is -1.11. The molecule has 0 N–H and O–H groups in total. The minimum absolute atomic E-state index is 0.745. The van der Waals surface area contributed by atoms with Crippen LogP contribution in [-0.4, -0.2) is 4.98 Å². The summed E-state index contributed by atoms with van der Waals surface area (Å²) >= 11 is 0. The maximum atomic E-state index is 4.44. The zero-order valence-corrected chi connectivity index (χ0v) is 6.46. The van der Waals surface area contributed by atoms with Crippen LogP contribution < -0.4 is 0 Å². The number of hydrogen-bond acceptors (Lipinski definition) is 1. The zero-order valence-electron chi connectivity index (χ0n) is 6.46. The molecule has 1 fully saturated rings. The summed E-state index contributed by atoms with van der Waals surface area (Å²) in [4.78, 5) is 4.44. The first-order valence-electron chi connectivity index (χ1n) is 3.99. The van der Waals surface area contributed by atoms with Gasteiger partial charge in [0.05, 0.1) is 5.69 Å². The molecule has 0 aromatic carbocycles. The van der Waals surface area contributed by atoms with E-state index in [9.17, 15) is 0 Å². The Morgan fingerprint density at radius 1 is 1.45 bits per heavy atom. The van der Waals surface area contributed by atoms with Gasteiger partial charge in [0.25, 0.3) is 0 Å². The van der Waals surface area contributed by atoms with Crippen LogP contribution in [0.4, 0.5) is 0 Å². The van der Waals surface area contributed by atoms with Gasteiger partial charge in [0.15, 0.2) is 0 Å². The van der Waals surface area contributed by atoms with Crippen molar-refractivity contribution in [3.63, 3.8) is 0 Å². The molecule has 0 atom stereocenters. The summed E-state index contributed by atoms with van der Waals surface area (Å²) in [6.07, 6.45) is 4.42. The molecule has 1 heteroatoms. The fourth-order valence-corrected chi connectivity index (χ4v) is 1.19. The van der Waals surface area contributed by atoms with E-state index in [0.29, 0.717) is 0 Å². The maximum Gasteiger partial charge on any atom is 0.0627 e. The molecule has 0 radical (unpaired) electrons. The summed E-state index contributed by atoms with van der Waals surface area (Å²) in [6, 6.07) is 6.14. The van der Waals surface area contributed by atoms with Crippen molar-refractivity contribution in [1.29, 1.82) is 0 Å². The van der Waals surface area contributed by atoms with Gasteiger partial charge in [-0.1, -0.05) is 12.6 Å². The van der Waals surface area contributed by atoms with Gasteiger partial charge in [0.1, 0.15) is 0 Å². The first-order chi connectivity index (χ1) is 5.40. The van der Waals surface area contributed by atoms with Gasteiger partial charge in [-0.2, -0.15) is 0 Å². The van der Waals surface area contributed by atoms with Gasteiger partial charge in [-0.15, -0.1) is 0 Å². The number of pyridine rings is 1. The van der Waals surface area contributed by atoms with Crippen molar-refractivity contribution in [2.24, 2.45) is 0 Å². The van der Waals surface area contributed by atoms with Crippen LogP contribution in [0.1, 0.15) is 30.1 Å². The molecule has 1 nitrogen and oxygen atoms in total. The molecule has 1 aliphatic rings.